The number of carbonyl (C=O) groups excluding carboxylic acids is 2. The fraction of sp³-hybridized carbons (Fsp3) is 0.0800. The smallest absolute Gasteiger partial charge is 0.270 e. The molecule has 8 heteroatoms. The van der Waals surface area contributed by atoms with Crippen molar-refractivity contribution in [2.75, 3.05) is 16.8 Å². The largest absolute Gasteiger partial charge is 0.484 e. The van der Waals surface area contributed by atoms with E-state index in [0.29, 0.717) is 25.7 Å². The molecule has 0 aliphatic carbocycles. The molecule has 4 rings (SSSR count). The van der Waals surface area contributed by atoms with Crippen molar-refractivity contribution in [1.82, 2.24) is 0 Å². The quantitative estimate of drug-likeness (QED) is 0.333. The van der Waals surface area contributed by atoms with Gasteiger partial charge < -0.3 is 10.1 Å². The summed E-state index contributed by atoms with van der Waals surface area (Å²) in [6.07, 6.45) is 1.79. The van der Waals surface area contributed by atoms with Gasteiger partial charge >= 0.3 is 0 Å². The fourth-order valence-corrected chi connectivity index (χ4v) is 4.63. The Labute approximate surface area is 206 Å². The summed E-state index contributed by atoms with van der Waals surface area (Å²) in [6.45, 7) is 1.70. The van der Waals surface area contributed by atoms with Gasteiger partial charge in [0.1, 0.15) is 5.75 Å². The number of ether oxygens (including phenoxy) is 1. The fourth-order valence-electron chi connectivity index (χ4n) is 3.16. The van der Waals surface area contributed by atoms with Gasteiger partial charge in [0.2, 0.25) is 0 Å². The number of carbonyl (C=O) groups is 2. The number of halogens is 1. The predicted molar refractivity (Wildman–Crippen MR) is 139 cm³/mol. The van der Waals surface area contributed by atoms with Crippen LogP contribution in [0.4, 0.5) is 11.4 Å². The Morgan fingerprint density at radius 3 is 2.55 bits per heavy atom. The Hall–Kier alpha value is -3.13. The Bertz CT molecular complexity index is 1240. The van der Waals surface area contributed by atoms with Crippen molar-refractivity contribution in [3.05, 3.63) is 93.9 Å². The van der Waals surface area contributed by atoms with Crippen molar-refractivity contribution in [2.24, 2.45) is 0 Å². The average Bonchev–Trinajstić information content (AvgIpc) is 3.09. The van der Waals surface area contributed by atoms with Gasteiger partial charge in [-0.3, -0.25) is 14.5 Å². The molecule has 0 bridgehead atoms. The molecule has 3 aromatic rings. The van der Waals surface area contributed by atoms with Crippen LogP contribution >= 0.6 is 35.6 Å². The van der Waals surface area contributed by atoms with Gasteiger partial charge in [-0.25, -0.2) is 0 Å². The van der Waals surface area contributed by atoms with E-state index >= 15 is 0 Å². The van der Waals surface area contributed by atoms with Crippen LogP contribution in [0.1, 0.15) is 11.1 Å². The number of hydrogen-bond acceptors (Lipinski definition) is 5. The van der Waals surface area contributed by atoms with Crippen molar-refractivity contribution in [2.45, 2.75) is 6.92 Å². The van der Waals surface area contributed by atoms with E-state index in [1.807, 2.05) is 49.4 Å². The van der Waals surface area contributed by atoms with Crippen LogP contribution in [0, 0.1) is 6.92 Å². The first-order valence-electron chi connectivity index (χ1n) is 10.0. The van der Waals surface area contributed by atoms with Crippen LogP contribution in [-0.4, -0.2) is 22.7 Å². The Morgan fingerprint density at radius 1 is 1.09 bits per heavy atom. The lowest BCUT2D eigenvalue weighted by atomic mass is 10.2. The zero-order valence-electron chi connectivity index (χ0n) is 17.6. The Morgan fingerprint density at radius 2 is 1.82 bits per heavy atom. The van der Waals surface area contributed by atoms with E-state index < -0.39 is 0 Å². The molecule has 0 radical (unpaired) electrons. The molecule has 5 nitrogen and oxygen atoms in total. The molecular weight excluding hydrogens is 476 g/mol. The molecule has 1 heterocycles. The van der Waals surface area contributed by atoms with Crippen molar-refractivity contribution in [1.29, 1.82) is 0 Å². The molecule has 0 atom stereocenters. The minimum atomic E-state index is -0.283. The molecular formula is C25H19ClN2O3S2. The number of rotatable bonds is 6. The summed E-state index contributed by atoms with van der Waals surface area (Å²) in [5.41, 5.74) is 3.03. The lowest BCUT2D eigenvalue weighted by Crippen LogP contribution is -2.27. The van der Waals surface area contributed by atoms with E-state index in [1.54, 1.807) is 36.4 Å². The molecule has 0 spiro atoms. The second-order valence-corrected chi connectivity index (χ2v) is 9.25. The summed E-state index contributed by atoms with van der Waals surface area (Å²) in [7, 11) is 0. The van der Waals surface area contributed by atoms with Gasteiger partial charge in [0.15, 0.2) is 10.9 Å². The minimum Gasteiger partial charge on any atom is -0.484 e. The van der Waals surface area contributed by atoms with E-state index in [-0.39, 0.29) is 18.4 Å². The van der Waals surface area contributed by atoms with Crippen LogP contribution in [0.15, 0.2) is 77.7 Å². The van der Waals surface area contributed by atoms with E-state index in [0.717, 1.165) is 16.8 Å². The predicted octanol–water partition coefficient (Wildman–Crippen LogP) is 6.07. The van der Waals surface area contributed by atoms with Gasteiger partial charge in [-0.15, -0.1) is 0 Å². The van der Waals surface area contributed by atoms with Crippen molar-refractivity contribution in [3.8, 4) is 5.75 Å². The van der Waals surface area contributed by atoms with Crippen LogP contribution in [0.3, 0.4) is 0 Å². The van der Waals surface area contributed by atoms with Gasteiger partial charge in [0.05, 0.1) is 10.6 Å². The van der Waals surface area contributed by atoms with Crippen LogP contribution in [-0.2, 0) is 9.59 Å². The second kappa shape index (κ2) is 10.2. The molecule has 3 aromatic carbocycles. The van der Waals surface area contributed by atoms with E-state index in [4.69, 9.17) is 28.6 Å². The normalized spacial score (nSPS) is 14.6. The number of amides is 2. The zero-order chi connectivity index (χ0) is 23.4. The lowest BCUT2D eigenvalue weighted by molar-refractivity contribution is -0.118. The first-order chi connectivity index (χ1) is 15.9. The lowest BCUT2D eigenvalue weighted by Gasteiger charge is -2.13. The van der Waals surface area contributed by atoms with Crippen molar-refractivity contribution >= 4 is 69.2 Å². The van der Waals surface area contributed by atoms with Gasteiger partial charge in [0, 0.05) is 10.7 Å². The van der Waals surface area contributed by atoms with Crippen molar-refractivity contribution < 1.29 is 14.3 Å². The van der Waals surface area contributed by atoms with E-state index in [9.17, 15) is 9.59 Å². The maximum atomic E-state index is 12.8. The Kier molecular flexibility index (Phi) is 7.13. The highest BCUT2D eigenvalue weighted by molar-refractivity contribution is 8.27. The molecule has 0 unspecified atom stereocenters. The highest BCUT2D eigenvalue weighted by atomic mass is 35.5. The number of thioether (sulfide) groups is 1. The average molecular weight is 495 g/mol. The molecule has 1 N–H and O–H groups in total. The monoisotopic (exact) mass is 494 g/mol. The molecule has 0 aromatic heterocycles. The third kappa shape index (κ3) is 5.45. The highest BCUT2D eigenvalue weighted by Crippen LogP contribution is 2.36. The van der Waals surface area contributed by atoms with Gasteiger partial charge in [-0.05, 0) is 60.5 Å². The Balaban J connectivity index is 1.37. The third-order valence-electron chi connectivity index (χ3n) is 4.90. The standard InChI is InChI=1S/C25H19ClN2O3S2/c1-16-20(26)8-5-9-21(16)27-23(29)15-31-19-12-10-17(11-13-19)14-22-24(30)28(25(32)33-22)18-6-3-2-4-7-18/h2-14H,15H2,1H3,(H,27,29)/b22-14-. The van der Waals surface area contributed by atoms with Crippen molar-refractivity contribution in [3.63, 3.8) is 0 Å². The van der Waals surface area contributed by atoms with Crippen LogP contribution < -0.4 is 15.0 Å². The van der Waals surface area contributed by atoms with E-state index in [2.05, 4.69) is 5.32 Å². The van der Waals surface area contributed by atoms with Gasteiger partial charge in [-0.2, -0.15) is 0 Å². The van der Waals surface area contributed by atoms with E-state index in [1.165, 1.54) is 16.7 Å². The SMILES string of the molecule is Cc1c(Cl)cccc1NC(=O)COc1ccc(/C=C2\SC(=S)N(c3ccccc3)C2=O)cc1. The molecule has 1 fully saturated rings. The summed E-state index contributed by atoms with van der Waals surface area (Å²) in [5, 5.41) is 3.38. The van der Waals surface area contributed by atoms with Gasteiger partial charge in [0.25, 0.3) is 11.8 Å². The maximum Gasteiger partial charge on any atom is 0.270 e. The molecule has 1 aliphatic heterocycles. The summed E-state index contributed by atoms with van der Waals surface area (Å²) >= 11 is 12.7. The second-order valence-electron chi connectivity index (χ2n) is 7.17. The number of anilines is 2. The van der Waals surface area contributed by atoms with Crippen LogP contribution in [0.2, 0.25) is 5.02 Å². The first-order valence-corrected chi connectivity index (χ1v) is 11.6. The third-order valence-corrected chi connectivity index (χ3v) is 6.61. The molecule has 33 heavy (non-hydrogen) atoms. The number of benzene rings is 3. The topological polar surface area (TPSA) is 58.6 Å². The number of hydrogen-bond donors (Lipinski definition) is 1. The van der Waals surface area contributed by atoms with Crippen LogP contribution in [0.5, 0.6) is 5.75 Å². The molecule has 1 saturated heterocycles. The number of nitrogens with zero attached hydrogens (tertiary/aromatic N) is 1. The summed E-state index contributed by atoms with van der Waals surface area (Å²) in [6, 6.07) is 21.8. The number of para-hydroxylation sites is 1. The zero-order valence-corrected chi connectivity index (χ0v) is 20.0. The summed E-state index contributed by atoms with van der Waals surface area (Å²) in [5.74, 6) is 0.112. The van der Waals surface area contributed by atoms with Crippen LogP contribution in [0.25, 0.3) is 6.08 Å². The molecule has 1 aliphatic rings. The minimum absolute atomic E-state index is 0.138. The number of nitrogens with one attached hydrogen (secondary N) is 1. The molecule has 166 valence electrons. The molecule has 2 amide bonds. The maximum absolute atomic E-state index is 12.8. The molecule has 0 saturated carbocycles. The first kappa shape index (κ1) is 23.0. The summed E-state index contributed by atoms with van der Waals surface area (Å²) < 4.78 is 6.08. The number of thiocarbonyl (C=S) groups is 1. The summed E-state index contributed by atoms with van der Waals surface area (Å²) in [4.78, 5) is 27.1. The highest BCUT2D eigenvalue weighted by Gasteiger charge is 2.33. The van der Waals surface area contributed by atoms with Gasteiger partial charge in [-0.1, -0.05) is 72.0 Å².